The number of nitrogens with one attached hydrogen (secondary N) is 1. The van der Waals surface area contributed by atoms with E-state index in [0.29, 0.717) is 12.1 Å². The van der Waals surface area contributed by atoms with Crippen molar-refractivity contribution in [1.29, 1.82) is 0 Å². The second-order valence-corrected chi connectivity index (χ2v) is 5.68. The molecular weight excluding hydrogens is 198 g/mol. The molecule has 0 aromatic carbocycles. The molecule has 0 aliphatic heterocycles. The third-order valence-electron chi connectivity index (χ3n) is 4.57. The predicted molar refractivity (Wildman–Crippen MR) is 67.4 cm³/mol. The van der Waals surface area contributed by atoms with E-state index in [1.54, 1.807) is 0 Å². The molecule has 2 heteroatoms. The zero-order valence-corrected chi connectivity index (χ0v) is 10.6. The molecule has 0 heterocycles. The summed E-state index contributed by atoms with van der Waals surface area (Å²) < 4.78 is 0. The Morgan fingerprint density at radius 1 is 1.06 bits per heavy atom. The highest BCUT2D eigenvalue weighted by Gasteiger charge is 2.30. The van der Waals surface area contributed by atoms with E-state index < -0.39 is 0 Å². The summed E-state index contributed by atoms with van der Waals surface area (Å²) in [5, 5.41) is 13.6. The van der Waals surface area contributed by atoms with Gasteiger partial charge in [0.05, 0.1) is 6.10 Å². The Morgan fingerprint density at radius 3 is 2.38 bits per heavy atom. The summed E-state index contributed by atoms with van der Waals surface area (Å²) in [5.74, 6) is 0.867. The van der Waals surface area contributed by atoms with E-state index in [0.717, 1.165) is 12.3 Å². The Hall–Kier alpha value is -0.0800. The van der Waals surface area contributed by atoms with E-state index in [1.165, 1.54) is 51.4 Å². The summed E-state index contributed by atoms with van der Waals surface area (Å²) >= 11 is 0. The molecule has 0 bridgehead atoms. The smallest absolute Gasteiger partial charge is 0.0693 e. The third kappa shape index (κ3) is 2.98. The maximum Gasteiger partial charge on any atom is 0.0693 e. The van der Waals surface area contributed by atoms with Crippen LogP contribution in [-0.2, 0) is 0 Å². The van der Waals surface area contributed by atoms with Gasteiger partial charge in [-0.2, -0.15) is 0 Å². The lowest BCUT2D eigenvalue weighted by atomic mass is 9.82. The Bertz CT molecular complexity index is 201. The third-order valence-corrected chi connectivity index (χ3v) is 4.57. The molecule has 2 nitrogen and oxygen atoms in total. The first-order valence-electron chi connectivity index (χ1n) is 7.25. The van der Waals surface area contributed by atoms with Gasteiger partial charge >= 0.3 is 0 Å². The molecule has 0 spiro atoms. The number of aliphatic hydroxyl groups excluding tert-OH is 1. The standard InChI is InChI=1S/C14H27NO/c1-2-12(11-7-4-3-5-8-11)15-13-9-6-10-14(13)16/h11-16H,2-10H2,1H3/t12?,13-,14-/m1/s1. The van der Waals surface area contributed by atoms with Gasteiger partial charge in [-0.15, -0.1) is 0 Å². The van der Waals surface area contributed by atoms with Crippen LogP contribution in [-0.4, -0.2) is 23.3 Å². The van der Waals surface area contributed by atoms with E-state index >= 15 is 0 Å². The summed E-state index contributed by atoms with van der Waals surface area (Å²) in [6.07, 6.45) is 11.5. The first-order valence-corrected chi connectivity index (χ1v) is 7.25. The van der Waals surface area contributed by atoms with Crippen molar-refractivity contribution in [2.24, 2.45) is 5.92 Å². The van der Waals surface area contributed by atoms with Gasteiger partial charge in [-0.25, -0.2) is 0 Å². The lowest BCUT2D eigenvalue weighted by Crippen LogP contribution is -2.46. The summed E-state index contributed by atoms with van der Waals surface area (Å²) in [5.41, 5.74) is 0. The van der Waals surface area contributed by atoms with Gasteiger partial charge in [0.15, 0.2) is 0 Å². The van der Waals surface area contributed by atoms with E-state index in [1.807, 2.05) is 0 Å². The van der Waals surface area contributed by atoms with Crippen LogP contribution in [0.2, 0.25) is 0 Å². The van der Waals surface area contributed by atoms with Crippen molar-refractivity contribution in [2.75, 3.05) is 0 Å². The van der Waals surface area contributed by atoms with Crippen LogP contribution in [0.5, 0.6) is 0 Å². The van der Waals surface area contributed by atoms with Crippen LogP contribution in [0.3, 0.4) is 0 Å². The molecule has 2 saturated carbocycles. The number of hydrogen-bond donors (Lipinski definition) is 2. The number of rotatable bonds is 4. The van der Waals surface area contributed by atoms with Crippen LogP contribution in [0.4, 0.5) is 0 Å². The monoisotopic (exact) mass is 225 g/mol. The molecule has 0 saturated heterocycles. The molecule has 0 radical (unpaired) electrons. The minimum atomic E-state index is -0.0855. The van der Waals surface area contributed by atoms with Gasteiger partial charge in [0, 0.05) is 12.1 Å². The normalized spacial score (nSPS) is 34.1. The van der Waals surface area contributed by atoms with Crippen LogP contribution in [0.25, 0.3) is 0 Å². The number of aliphatic hydroxyl groups is 1. The molecule has 3 atom stereocenters. The summed E-state index contributed by atoms with van der Waals surface area (Å²) in [6, 6.07) is 1.03. The molecule has 2 rings (SSSR count). The molecular formula is C14H27NO. The highest BCUT2D eigenvalue weighted by Crippen LogP contribution is 2.29. The van der Waals surface area contributed by atoms with E-state index in [4.69, 9.17) is 0 Å². The van der Waals surface area contributed by atoms with E-state index in [2.05, 4.69) is 12.2 Å². The molecule has 0 aromatic heterocycles. The van der Waals surface area contributed by atoms with Crippen LogP contribution in [0.15, 0.2) is 0 Å². The number of hydrogen-bond acceptors (Lipinski definition) is 2. The van der Waals surface area contributed by atoms with Gasteiger partial charge in [0.25, 0.3) is 0 Å². The Balaban J connectivity index is 1.83. The van der Waals surface area contributed by atoms with Crippen molar-refractivity contribution in [3.8, 4) is 0 Å². The van der Waals surface area contributed by atoms with Gasteiger partial charge in [-0.3, -0.25) is 0 Å². The van der Waals surface area contributed by atoms with Crippen LogP contribution in [0.1, 0.15) is 64.7 Å². The molecule has 2 aliphatic rings. The topological polar surface area (TPSA) is 32.3 Å². The quantitative estimate of drug-likeness (QED) is 0.771. The minimum absolute atomic E-state index is 0.0855. The van der Waals surface area contributed by atoms with Crippen LogP contribution >= 0.6 is 0 Å². The van der Waals surface area contributed by atoms with Crippen molar-refractivity contribution in [3.63, 3.8) is 0 Å². The first-order chi connectivity index (χ1) is 7.81. The molecule has 94 valence electrons. The second kappa shape index (κ2) is 6.02. The van der Waals surface area contributed by atoms with Crippen molar-refractivity contribution >= 4 is 0 Å². The zero-order chi connectivity index (χ0) is 11.4. The fourth-order valence-electron chi connectivity index (χ4n) is 3.53. The van der Waals surface area contributed by atoms with Gasteiger partial charge in [0.1, 0.15) is 0 Å². The Kier molecular flexibility index (Phi) is 4.66. The van der Waals surface area contributed by atoms with Gasteiger partial charge in [0.2, 0.25) is 0 Å². The lowest BCUT2D eigenvalue weighted by Gasteiger charge is -2.33. The zero-order valence-electron chi connectivity index (χ0n) is 10.6. The van der Waals surface area contributed by atoms with Crippen molar-refractivity contribution in [1.82, 2.24) is 5.32 Å². The molecule has 0 amide bonds. The fraction of sp³-hybridized carbons (Fsp3) is 1.00. The molecule has 2 aliphatic carbocycles. The highest BCUT2D eigenvalue weighted by molar-refractivity contribution is 4.88. The molecule has 1 unspecified atom stereocenters. The van der Waals surface area contributed by atoms with Gasteiger partial charge in [-0.1, -0.05) is 26.2 Å². The average Bonchev–Trinajstić information content (AvgIpc) is 2.73. The van der Waals surface area contributed by atoms with Crippen molar-refractivity contribution < 1.29 is 5.11 Å². The lowest BCUT2D eigenvalue weighted by molar-refractivity contribution is 0.129. The van der Waals surface area contributed by atoms with Gasteiger partial charge < -0.3 is 10.4 Å². The maximum atomic E-state index is 9.87. The largest absolute Gasteiger partial charge is 0.392 e. The van der Waals surface area contributed by atoms with Crippen molar-refractivity contribution in [3.05, 3.63) is 0 Å². The fourth-order valence-corrected chi connectivity index (χ4v) is 3.53. The SMILES string of the molecule is CCC(N[C@@H]1CCC[C@H]1O)C1CCCCC1. The molecule has 2 fully saturated rings. The van der Waals surface area contributed by atoms with Crippen LogP contribution < -0.4 is 5.32 Å². The van der Waals surface area contributed by atoms with E-state index in [-0.39, 0.29) is 6.10 Å². The second-order valence-electron chi connectivity index (χ2n) is 5.68. The maximum absolute atomic E-state index is 9.87. The first kappa shape index (κ1) is 12.4. The summed E-state index contributed by atoms with van der Waals surface area (Å²) in [6.45, 7) is 2.29. The summed E-state index contributed by atoms with van der Waals surface area (Å²) in [4.78, 5) is 0. The predicted octanol–water partition coefficient (Wildman–Crippen LogP) is 2.85. The van der Waals surface area contributed by atoms with E-state index in [9.17, 15) is 5.11 Å². The van der Waals surface area contributed by atoms with Crippen LogP contribution in [0, 0.1) is 5.92 Å². The molecule has 16 heavy (non-hydrogen) atoms. The van der Waals surface area contributed by atoms with Crippen molar-refractivity contribution in [2.45, 2.75) is 82.9 Å². The average molecular weight is 225 g/mol. The minimum Gasteiger partial charge on any atom is -0.392 e. The summed E-state index contributed by atoms with van der Waals surface area (Å²) in [7, 11) is 0. The van der Waals surface area contributed by atoms with Gasteiger partial charge in [-0.05, 0) is 44.4 Å². The Labute approximate surface area is 99.8 Å². The molecule has 2 N–H and O–H groups in total. The Morgan fingerprint density at radius 2 is 1.81 bits per heavy atom. The molecule has 0 aromatic rings. The highest BCUT2D eigenvalue weighted by atomic mass is 16.3.